The van der Waals surface area contributed by atoms with E-state index in [2.05, 4.69) is 55.3 Å². The minimum atomic E-state index is -0.712. The first-order valence-electron chi connectivity index (χ1n) is 4.59. The molecule has 0 amide bonds. The molecule has 0 aromatic heterocycles. The Labute approximate surface area is 123 Å². The SMILES string of the molecule is O=C(OCCO)C(S)S.Sc1ccccc1S. The summed E-state index contributed by atoms with van der Waals surface area (Å²) >= 11 is 15.6. The Morgan fingerprint density at radius 1 is 1.24 bits per heavy atom. The van der Waals surface area contributed by atoms with E-state index >= 15 is 0 Å². The van der Waals surface area contributed by atoms with E-state index in [1.165, 1.54) is 0 Å². The number of ether oxygens (including phenoxy) is 1. The number of aliphatic hydroxyl groups excluding tert-OH is 1. The van der Waals surface area contributed by atoms with Crippen LogP contribution in [-0.4, -0.2) is 28.9 Å². The number of benzene rings is 1. The van der Waals surface area contributed by atoms with Crippen molar-refractivity contribution in [3.05, 3.63) is 24.3 Å². The van der Waals surface area contributed by atoms with Crippen LogP contribution in [-0.2, 0) is 9.53 Å². The van der Waals surface area contributed by atoms with Gasteiger partial charge in [-0.05, 0) is 12.1 Å². The molecule has 0 aliphatic rings. The van der Waals surface area contributed by atoms with Gasteiger partial charge in [0, 0.05) is 9.79 Å². The molecule has 0 saturated heterocycles. The average Bonchev–Trinajstić information content (AvgIpc) is 2.30. The maximum absolute atomic E-state index is 10.4. The predicted octanol–water partition coefficient (Wildman–Crippen LogP) is 1.97. The molecule has 17 heavy (non-hydrogen) atoms. The second-order valence-corrected chi connectivity index (χ2v) is 5.16. The van der Waals surface area contributed by atoms with Gasteiger partial charge in [0.15, 0.2) is 0 Å². The van der Waals surface area contributed by atoms with Gasteiger partial charge in [0.2, 0.25) is 0 Å². The van der Waals surface area contributed by atoms with Crippen molar-refractivity contribution >= 4 is 56.5 Å². The first kappa shape index (κ1) is 17.1. The van der Waals surface area contributed by atoms with Crippen molar-refractivity contribution in [2.45, 2.75) is 14.4 Å². The summed E-state index contributed by atoms with van der Waals surface area (Å²) in [7, 11) is 0. The highest BCUT2D eigenvalue weighted by atomic mass is 32.2. The molecule has 0 bridgehead atoms. The van der Waals surface area contributed by atoms with E-state index in [0.717, 1.165) is 9.79 Å². The highest BCUT2D eigenvalue weighted by molar-refractivity contribution is 8.00. The Morgan fingerprint density at radius 2 is 1.71 bits per heavy atom. The minimum Gasteiger partial charge on any atom is -0.462 e. The second-order valence-electron chi connectivity index (χ2n) is 2.75. The van der Waals surface area contributed by atoms with Crippen LogP contribution in [0.3, 0.4) is 0 Å². The molecule has 0 unspecified atom stereocenters. The van der Waals surface area contributed by atoms with Gasteiger partial charge >= 0.3 is 5.97 Å². The fraction of sp³-hybridized carbons (Fsp3) is 0.300. The van der Waals surface area contributed by atoms with Crippen LogP contribution in [0.2, 0.25) is 0 Å². The van der Waals surface area contributed by atoms with Crippen LogP contribution < -0.4 is 0 Å². The number of hydrogen-bond donors (Lipinski definition) is 5. The minimum absolute atomic E-state index is 0.0104. The van der Waals surface area contributed by atoms with Crippen LogP contribution in [0.5, 0.6) is 0 Å². The van der Waals surface area contributed by atoms with E-state index in [9.17, 15) is 4.79 Å². The van der Waals surface area contributed by atoms with Crippen LogP contribution >= 0.6 is 50.5 Å². The molecule has 1 aromatic rings. The topological polar surface area (TPSA) is 46.5 Å². The molecular weight excluding hydrogens is 296 g/mol. The molecule has 0 atom stereocenters. The second kappa shape index (κ2) is 10.0. The molecule has 0 heterocycles. The quantitative estimate of drug-likeness (QED) is 0.337. The Morgan fingerprint density at radius 3 is 2.00 bits per heavy atom. The van der Waals surface area contributed by atoms with E-state index in [1.54, 1.807) is 0 Å². The van der Waals surface area contributed by atoms with Crippen molar-refractivity contribution in [1.29, 1.82) is 0 Å². The van der Waals surface area contributed by atoms with Gasteiger partial charge in [-0.15, -0.1) is 25.3 Å². The molecule has 3 nitrogen and oxygen atoms in total. The van der Waals surface area contributed by atoms with Crippen LogP contribution in [0.15, 0.2) is 34.1 Å². The van der Waals surface area contributed by atoms with Gasteiger partial charge in [-0.25, -0.2) is 4.79 Å². The molecule has 1 aromatic carbocycles. The summed E-state index contributed by atoms with van der Waals surface area (Å²) in [6.45, 7) is -0.156. The highest BCUT2D eigenvalue weighted by Crippen LogP contribution is 2.15. The Balaban J connectivity index is 0.000000302. The number of thiol groups is 4. The van der Waals surface area contributed by atoms with E-state index in [1.807, 2.05) is 24.3 Å². The lowest BCUT2D eigenvalue weighted by atomic mass is 10.4. The number of carbonyl (C=O) groups excluding carboxylic acids is 1. The van der Waals surface area contributed by atoms with Crippen molar-refractivity contribution in [2.75, 3.05) is 13.2 Å². The van der Waals surface area contributed by atoms with Crippen LogP contribution in [0, 0.1) is 0 Å². The summed E-state index contributed by atoms with van der Waals surface area (Å²) in [6, 6.07) is 7.68. The molecule has 7 heteroatoms. The molecule has 0 aliphatic carbocycles. The van der Waals surface area contributed by atoms with Crippen LogP contribution in [0.25, 0.3) is 0 Å². The molecule has 0 spiro atoms. The molecule has 0 aliphatic heterocycles. The van der Waals surface area contributed by atoms with Gasteiger partial charge < -0.3 is 9.84 Å². The standard InChI is InChI=1S/C6H6S2.C4H8O3S2/c7-5-3-1-2-4-6(5)8;5-1-2-7-3(6)4(8)9/h1-4,7-8H;4-5,8-9H,1-2H2. The number of hydrogen-bond acceptors (Lipinski definition) is 7. The molecule has 96 valence electrons. The smallest absolute Gasteiger partial charge is 0.328 e. The summed E-state index contributed by atoms with van der Waals surface area (Å²) < 4.78 is 3.70. The lowest BCUT2D eigenvalue weighted by molar-refractivity contribution is -0.142. The maximum atomic E-state index is 10.4. The van der Waals surface area contributed by atoms with Gasteiger partial charge in [-0.1, -0.05) is 12.1 Å². The van der Waals surface area contributed by atoms with Crippen molar-refractivity contribution in [1.82, 2.24) is 0 Å². The zero-order chi connectivity index (χ0) is 13.3. The zero-order valence-electron chi connectivity index (χ0n) is 8.85. The lowest BCUT2D eigenvalue weighted by Gasteiger charge is -2.02. The van der Waals surface area contributed by atoms with E-state index in [-0.39, 0.29) is 13.2 Å². The van der Waals surface area contributed by atoms with Crippen molar-refractivity contribution in [3.8, 4) is 0 Å². The largest absolute Gasteiger partial charge is 0.462 e. The van der Waals surface area contributed by atoms with Gasteiger partial charge in [-0.3, -0.25) is 0 Å². The normalized spacial score (nSPS) is 9.53. The molecular formula is C10H14O3S4. The van der Waals surface area contributed by atoms with E-state index in [4.69, 9.17) is 5.11 Å². The number of aliphatic hydroxyl groups is 1. The third-order valence-electron chi connectivity index (χ3n) is 1.43. The Bertz CT molecular complexity index is 323. The summed E-state index contributed by atoms with van der Waals surface area (Å²) in [6.07, 6.45) is 0. The van der Waals surface area contributed by atoms with Gasteiger partial charge in [0.05, 0.1) is 6.61 Å². The van der Waals surface area contributed by atoms with Gasteiger partial charge in [0.1, 0.15) is 11.2 Å². The molecule has 0 saturated carbocycles. The van der Waals surface area contributed by atoms with Crippen LogP contribution in [0.4, 0.5) is 0 Å². The molecule has 1 N–H and O–H groups in total. The van der Waals surface area contributed by atoms with Crippen molar-refractivity contribution in [2.24, 2.45) is 0 Å². The fourth-order valence-corrected chi connectivity index (χ4v) is 1.16. The number of esters is 1. The van der Waals surface area contributed by atoms with Crippen LogP contribution in [0.1, 0.15) is 0 Å². The van der Waals surface area contributed by atoms with Gasteiger partial charge in [-0.2, -0.15) is 25.3 Å². The fourth-order valence-electron chi connectivity index (χ4n) is 0.685. The van der Waals surface area contributed by atoms with Crippen molar-refractivity contribution in [3.63, 3.8) is 0 Å². The van der Waals surface area contributed by atoms with E-state index in [0.29, 0.717) is 0 Å². The maximum Gasteiger partial charge on any atom is 0.328 e. The summed E-state index contributed by atoms with van der Waals surface area (Å²) in [5.41, 5.74) is 0. The van der Waals surface area contributed by atoms with E-state index < -0.39 is 10.6 Å². The molecule has 1 rings (SSSR count). The first-order valence-corrected chi connectivity index (χ1v) is 6.52. The predicted molar refractivity (Wildman–Crippen MR) is 80.8 cm³/mol. The Kier molecular flexibility index (Phi) is 10.0. The third-order valence-corrected chi connectivity index (χ3v) is 2.81. The summed E-state index contributed by atoms with van der Waals surface area (Å²) in [5.74, 6) is -0.532. The first-order chi connectivity index (χ1) is 7.99. The molecule has 0 fully saturated rings. The monoisotopic (exact) mass is 310 g/mol. The molecule has 0 radical (unpaired) electrons. The Hall–Kier alpha value is 0.0500. The number of rotatable bonds is 3. The average molecular weight is 310 g/mol. The summed E-state index contributed by atoms with van der Waals surface area (Å²) in [4.78, 5) is 12.3. The van der Waals surface area contributed by atoms with Crippen molar-refractivity contribution < 1.29 is 14.6 Å². The van der Waals surface area contributed by atoms with Gasteiger partial charge in [0.25, 0.3) is 0 Å². The highest BCUT2D eigenvalue weighted by Gasteiger charge is 2.08. The number of carbonyl (C=O) groups is 1. The summed E-state index contributed by atoms with van der Waals surface area (Å²) in [5, 5.41) is 8.17. The third kappa shape index (κ3) is 8.73. The lowest BCUT2D eigenvalue weighted by Crippen LogP contribution is -2.14. The zero-order valence-corrected chi connectivity index (χ0v) is 12.4.